The van der Waals surface area contributed by atoms with Gasteiger partial charge in [-0.05, 0) is 25.7 Å². The third-order valence-electron chi connectivity index (χ3n) is 3.88. The van der Waals surface area contributed by atoms with Crippen LogP contribution < -0.4 is 5.73 Å². The second-order valence-corrected chi connectivity index (χ2v) is 5.31. The first-order valence-corrected chi connectivity index (χ1v) is 8.03. The number of nitrogens with zero attached hydrogens (tertiary/aromatic N) is 2. The van der Waals surface area contributed by atoms with Gasteiger partial charge in [-0.3, -0.25) is 4.68 Å². The Bertz CT molecular complexity index is 368. The van der Waals surface area contributed by atoms with Gasteiger partial charge in [0.15, 0.2) is 0 Å². The summed E-state index contributed by atoms with van der Waals surface area (Å²) in [6.07, 6.45) is 8.14. The molecule has 1 atom stereocenters. The molecule has 0 radical (unpaired) electrons. The molecule has 0 aromatic carbocycles. The lowest BCUT2D eigenvalue weighted by Crippen LogP contribution is -2.13. The van der Waals surface area contributed by atoms with Gasteiger partial charge in [0.05, 0.1) is 5.69 Å². The summed E-state index contributed by atoms with van der Waals surface area (Å²) in [4.78, 5) is 0. The van der Waals surface area contributed by atoms with Crippen LogP contribution in [0.15, 0.2) is 0 Å². The van der Waals surface area contributed by atoms with Gasteiger partial charge >= 0.3 is 0 Å². The van der Waals surface area contributed by atoms with E-state index in [1.165, 1.54) is 42.6 Å². The van der Waals surface area contributed by atoms with Crippen molar-refractivity contribution in [2.45, 2.75) is 85.2 Å². The fraction of sp³-hybridized carbons (Fsp3) is 0.812. The van der Waals surface area contributed by atoms with Crippen molar-refractivity contribution in [3.05, 3.63) is 17.0 Å². The predicted octanol–water partition coefficient (Wildman–Crippen LogP) is 4.00. The monoisotopic (exact) mass is 265 g/mol. The molecule has 110 valence electrons. The van der Waals surface area contributed by atoms with E-state index in [9.17, 15) is 0 Å². The van der Waals surface area contributed by atoms with Crippen molar-refractivity contribution < 1.29 is 0 Å². The van der Waals surface area contributed by atoms with Crippen LogP contribution in [-0.4, -0.2) is 9.78 Å². The van der Waals surface area contributed by atoms with Gasteiger partial charge in [-0.25, -0.2) is 0 Å². The number of hydrogen-bond donors (Lipinski definition) is 1. The Morgan fingerprint density at radius 3 is 2.32 bits per heavy atom. The SMILES string of the molecule is CCCCCCn1nc(CC)c(C(N)CC)c1CC. The summed E-state index contributed by atoms with van der Waals surface area (Å²) in [5, 5.41) is 4.80. The largest absolute Gasteiger partial charge is 0.324 e. The van der Waals surface area contributed by atoms with Crippen molar-refractivity contribution in [2.75, 3.05) is 0 Å². The molecule has 1 rings (SSSR count). The Labute approximate surface area is 118 Å². The zero-order valence-corrected chi connectivity index (χ0v) is 13.2. The third-order valence-corrected chi connectivity index (χ3v) is 3.88. The van der Waals surface area contributed by atoms with Crippen LogP contribution in [0, 0.1) is 0 Å². The zero-order valence-electron chi connectivity index (χ0n) is 13.2. The minimum absolute atomic E-state index is 0.147. The van der Waals surface area contributed by atoms with Crippen molar-refractivity contribution in [3.8, 4) is 0 Å². The van der Waals surface area contributed by atoms with E-state index in [0.717, 1.165) is 25.8 Å². The summed E-state index contributed by atoms with van der Waals surface area (Å²) < 4.78 is 2.22. The number of rotatable bonds is 9. The highest BCUT2D eigenvalue weighted by Crippen LogP contribution is 2.24. The number of hydrogen-bond acceptors (Lipinski definition) is 2. The van der Waals surface area contributed by atoms with Crippen LogP contribution in [0.3, 0.4) is 0 Å². The molecule has 0 saturated heterocycles. The van der Waals surface area contributed by atoms with E-state index in [2.05, 4.69) is 32.4 Å². The minimum Gasteiger partial charge on any atom is -0.324 e. The fourth-order valence-electron chi connectivity index (χ4n) is 2.71. The molecule has 0 aliphatic heterocycles. The van der Waals surface area contributed by atoms with Gasteiger partial charge in [0.1, 0.15) is 0 Å². The number of aromatic nitrogens is 2. The quantitative estimate of drug-likeness (QED) is 0.686. The van der Waals surface area contributed by atoms with Gasteiger partial charge in [-0.15, -0.1) is 0 Å². The van der Waals surface area contributed by atoms with Crippen LogP contribution in [0.1, 0.15) is 82.8 Å². The maximum Gasteiger partial charge on any atom is 0.0672 e. The Hall–Kier alpha value is -0.830. The Morgan fingerprint density at radius 2 is 1.79 bits per heavy atom. The molecule has 0 aliphatic rings. The molecular formula is C16H31N3. The van der Waals surface area contributed by atoms with E-state index in [4.69, 9.17) is 10.8 Å². The average Bonchev–Trinajstić information content (AvgIpc) is 2.80. The lowest BCUT2D eigenvalue weighted by molar-refractivity contribution is 0.521. The van der Waals surface area contributed by atoms with Crippen LogP contribution in [0.4, 0.5) is 0 Å². The van der Waals surface area contributed by atoms with Gasteiger partial charge in [0.25, 0.3) is 0 Å². The average molecular weight is 265 g/mol. The molecule has 19 heavy (non-hydrogen) atoms. The standard InChI is InChI=1S/C16H31N3/c1-5-9-10-11-12-19-15(8-4)16(13(17)6-2)14(7-3)18-19/h13H,5-12,17H2,1-4H3. The molecular weight excluding hydrogens is 234 g/mol. The fourth-order valence-corrected chi connectivity index (χ4v) is 2.71. The molecule has 0 spiro atoms. The maximum absolute atomic E-state index is 6.28. The minimum atomic E-state index is 0.147. The van der Waals surface area contributed by atoms with Crippen LogP contribution in [0.25, 0.3) is 0 Å². The first kappa shape index (κ1) is 16.2. The van der Waals surface area contributed by atoms with Gasteiger partial charge in [-0.1, -0.05) is 47.0 Å². The molecule has 1 unspecified atom stereocenters. The maximum atomic E-state index is 6.28. The smallest absolute Gasteiger partial charge is 0.0672 e. The van der Waals surface area contributed by atoms with Crippen LogP contribution >= 0.6 is 0 Å². The van der Waals surface area contributed by atoms with Crippen molar-refractivity contribution in [2.24, 2.45) is 5.73 Å². The van der Waals surface area contributed by atoms with Crippen LogP contribution in [-0.2, 0) is 19.4 Å². The van der Waals surface area contributed by atoms with Crippen molar-refractivity contribution >= 4 is 0 Å². The molecule has 0 bridgehead atoms. The summed E-state index contributed by atoms with van der Waals surface area (Å²) >= 11 is 0. The molecule has 2 N–H and O–H groups in total. The lowest BCUT2D eigenvalue weighted by Gasteiger charge is -2.12. The van der Waals surface area contributed by atoms with Crippen molar-refractivity contribution in [3.63, 3.8) is 0 Å². The summed E-state index contributed by atoms with van der Waals surface area (Å²) in [6, 6.07) is 0.147. The predicted molar refractivity (Wildman–Crippen MR) is 82.3 cm³/mol. The molecule has 0 fully saturated rings. The third kappa shape index (κ3) is 4.07. The number of nitrogens with two attached hydrogens (primary N) is 1. The molecule has 3 nitrogen and oxygen atoms in total. The second-order valence-electron chi connectivity index (χ2n) is 5.31. The first-order valence-electron chi connectivity index (χ1n) is 8.03. The molecule has 0 saturated carbocycles. The summed E-state index contributed by atoms with van der Waals surface area (Å²) in [5.74, 6) is 0. The van der Waals surface area contributed by atoms with E-state index < -0.39 is 0 Å². The lowest BCUT2D eigenvalue weighted by atomic mass is 10.00. The van der Waals surface area contributed by atoms with E-state index in [1.54, 1.807) is 0 Å². The molecule has 0 aliphatic carbocycles. The van der Waals surface area contributed by atoms with Gasteiger partial charge in [-0.2, -0.15) is 5.10 Å². The van der Waals surface area contributed by atoms with Crippen LogP contribution in [0.2, 0.25) is 0 Å². The highest BCUT2D eigenvalue weighted by atomic mass is 15.3. The summed E-state index contributed by atoms with van der Waals surface area (Å²) in [7, 11) is 0. The Balaban J connectivity index is 2.88. The summed E-state index contributed by atoms with van der Waals surface area (Å²) in [6.45, 7) is 9.84. The Kier molecular flexibility index (Phi) is 7.14. The topological polar surface area (TPSA) is 43.8 Å². The van der Waals surface area contributed by atoms with E-state index >= 15 is 0 Å². The van der Waals surface area contributed by atoms with E-state index in [-0.39, 0.29) is 6.04 Å². The number of aryl methyl sites for hydroxylation is 2. The molecule has 1 aromatic rings. The van der Waals surface area contributed by atoms with Crippen molar-refractivity contribution in [1.29, 1.82) is 0 Å². The number of unbranched alkanes of at least 4 members (excludes halogenated alkanes) is 3. The molecule has 3 heteroatoms. The molecule has 1 heterocycles. The first-order chi connectivity index (χ1) is 9.19. The summed E-state index contributed by atoms with van der Waals surface area (Å²) in [5.41, 5.74) is 10.2. The van der Waals surface area contributed by atoms with E-state index in [0.29, 0.717) is 0 Å². The molecule has 1 aromatic heterocycles. The van der Waals surface area contributed by atoms with Crippen molar-refractivity contribution in [1.82, 2.24) is 9.78 Å². The van der Waals surface area contributed by atoms with Crippen LogP contribution in [0.5, 0.6) is 0 Å². The van der Waals surface area contributed by atoms with Gasteiger partial charge < -0.3 is 5.73 Å². The highest BCUT2D eigenvalue weighted by molar-refractivity contribution is 5.30. The second kappa shape index (κ2) is 8.36. The highest BCUT2D eigenvalue weighted by Gasteiger charge is 2.19. The Morgan fingerprint density at radius 1 is 1.05 bits per heavy atom. The zero-order chi connectivity index (χ0) is 14.3. The normalized spacial score (nSPS) is 12.9. The molecule has 0 amide bonds. The van der Waals surface area contributed by atoms with E-state index in [1.807, 2.05) is 0 Å². The van der Waals surface area contributed by atoms with Gasteiger partial charge in [0.2, 0.25) is 0 Å². The van der Waals surface area contributed by atoms with Gasteiger partial charge in [0, 0.05) is 23.8 Å².